The molecular formula is C21H23BrClN2O4S-. The number of hydrogen-bond acceptors (Lipinski definition) is 4. The third-order valence-corrected chi connectivity index (χ3v) is 8.26. The molecular weight excluding hydrogens is 492 g/mol. The van der Waals surface area contributed by atoms with Gasteiger partial charge in [0.25, 0.3) is 0 Å². The zero-order chi connectivity index (χ0) is 21.7. The number of amides is 1. The molecule has 9 heteroatoms. The van der Waals surface area contributed by atoms with Gasteiger partial charge in [0.05, 0.1) is 4.90 Å². The first kappa shape index (κ1) is 23.2. The first-order valence-corrected chi connectivity index (χ1v) is 12.3. The van der Waals surface area contributed by atoms with Crippen LogP contribution in [0.25, 0.3) is 0 Å². The number of hydroxylamine groups is 1. The van der Waals surface area contributed by atoms with E-state index in [1.54, 1.807) is 30.3 Å². The third kappa shape index (κ3) is 5.62. The van der Waals surface area contributed by atoms with Gasteiger partial charge in [-0.1, -0.05) is 45.7 Å². The number of hydrogen-bond donors (Lipinski definition) is 1. The summed E-state index contributed by atoms with van der Waals surface area (Å²) in [5.74, 6) is -0.670. The number of benzene rings is 2. The van der Waals surface area contributed by atoms with Crippen molar-refractivity contribution in [1.82, 2.24) is 9.79 Å². The molecule has 0 aromatic heterocycles. The van der Waals surface area contributed by atoms with E-state index in [2.05, 4.69) is 15.9 Å². The van der Waals surface area contributed by atoms with Crippen LogP contribution in [0.1, 0.15) is 31.2 Å². The Labute approximate surface area is 190 Å². The van der Waals surface area contributed by atoms with Crippen LogP contribution < -0.4 is 5.48 Å². The molecule has 1 fully saturated rings. The van der Waals surface area contributed by atoms with Gasteiger partial charge in [-0.15, -0.1) is 0 Å². The Balaban J connectivity index is 1.82. The zero-order valence-electron chi connectivity index (χ0n) is 16.3. The van der Waals surface area contributed by atoms with Crippen molar-refractivity contribution in [3.63, 3.8) is 0 Å². The number of carbonyl (C=O) groups is 1. The van der Waals surface area contributed by atoms with Gasteiger partial charge in [-0.25, -0.2) is 8.42 Å². The second-order valence-corrected chi connectivity index (χ2v) is 10.8. The molecule has 1 aliphatic rings. The Kier molecular flexibility index (Phi) is 7.92. The third-order valence-electron chi connectivity index (χ3n) is 5.54. The fraction of sp³-hybridized carbons (Fsp3) is 0.381. The van der Waals surface area contributed by atoms with Crippen LogP contribution in [0.4, 0.5) is 0 Å². The van der Waals surface area contributed by atoms with Crippen LogP contribution in [0.3, 0.4) is 0 Å². The molecule has 0 aliphatic heterocycles. The molecule has 6 nitrogen and oxygen atoms in total. The maximum absolute atomic E-state index is 13.4. The molecule has 2 aromatic carbocycles. The van der Waals surface area contributed by atoms with Crippen molar-refractivity contribution in [2.75, 3.05) is 6.54 Å². The molecule has 0 atom stereocenters. The van der Waals surface area contributed by atoms with E-state index in [0.717, 1.165) is 10.0 Å². The summed E-state index contributed by atoms with van der Waals surface area (Å²) in [6.07, 6.45) is 2.54. The quantitative estimate of drug-likeness (QED) is 0.542. The highest BCUT2D eigenvalue weighted by Gasteiger charge is 2.31. The van der Waals surface area contributed by atoms with E-state index in [1.165, 1.54) is 9.79 Å². The maximum atomic E-state index is 13.4. The van der Waals surface area contributed by atoms with Crippen molar-refractivity contribution in [2.45, 2.75) is 37.1 Å². The lowest BCUT2D eigenvalue weighted by Gasteiger charge is -2.32. The summed E-state index contributed by atoms with van der Waals surface area (Å²) in [6.45, 7) is 0.494. The summed E-state index contributed by atoms with van der Waals surface area (Å²) < 4.78 is 29.1. The largest absolute Gasteiger partial charge is 0.759 e. The minimum atomic E-state index is -3.74. The van der Waals surface area contributed by atoms with Gasteiger partial charge in [-0.05, 0) is 67.5 Å². The molecule has 0 heterocycles. The van der Waals surface area contributed by atoms with Crippen LogP contribution in [0.5, 0.6) is 0 Å². The van der Waals surface area contributed by atoms with Crippen molar-refractivity contribution in [1.29, 1.82) is 0 Å². The minimum absolute atomic E-state index is 0.105. The lowest BCUT2D eigenvalue weighted by molar-refractivity contribution is -0.125. The summed E-state index contributed by atoms with van der Waals surface area (Å²) >= 11 is 9.63. The Bertz CT molecular complexity index is 977. The number of halogens is 2. The summed E-state index contributed by atoms with van der Waals surface area (Å²) in [5, 5.41) is 11.2. The topological polar surface area (TPSA) is 89.5 Å². The van der Waals surface area contributed by atoms with Gasteiger partial charge in [-0.2, -0.15) is 4.31 Å². The number of carbonyl (C=O) groups excluding carboxylic acids is 1. The smallest absolute Gasteiger partial charge is 0.243 e. The minimum Gasteiger partial charge on any atom is -0.759 e. The van der Waals surface area contributed by atoms with Crippen molar-refractivity contribution in [2.24, 2.45) is 11.8 Å². The average Bonchev–Trinajstić information content (AvgIpc) is 2.75. The SMILES string of the molecule is O=C(N[O-])C1CCC(CN(Cc2ccccc2Cl)S(=O)(=O)c2ccc(Br)cc2)CC1. The lowest BCUT2D eigenvalue weighted by atomic mass is 9.81. The van der Waals surface area contributed by atoms with Crippen LogP contribution in [0.15, 0.2) is 57.9 Å². The molecule has 162 valence electrons. The summed E-state index contributed by atoms with van der Waals surface area (Å²) in [7, 11) is -3.74. The predicted octanol–water partition coefficient (Wildman–Crippen LogP) is 4.71. The second-order valence-electron chi connectivity index (χ2n) is 7.53. The first-order valence-electron chi connectivity index (χ1n) is 9.72. The second kappa shape index (κ2) is 10.2. The molecule has 3 rings (SSSR count). The fourth-order valence-corrected chi connectivity index (χ4v) is 5.75. The molecule has 0 radical (unpaired) electrons. The molecule has 0 unspecified atom stereocenters. The van der Waals surface area contributed by atoms with Crippen LogP contribution in [-0.4, -0.2) is 25.2 Å². The van der Waals surface area contributed by atoms with Crippen molar-refractivity contribution in [3.8, 4) is 0 Å². The predicted molar refractivity (Wildman–Crippen MR) is 120 cm³/mol. The van der Waals surface area contributed by atoms with Crippen molar-refractivity contribution < 1.29 is 13.2 Å². The molecule has 0 saturated heterocycles. The monoisotopic (exact) mass is 513 g/mol. The van der Waals surface area contributed by atoms with Crippen LogP contribution in [0.2, 0.25) is 5.02 Å². The van der Waals surface area contributed by atoms with Gasteiger partial charge in [0.15, 0.2) is 0 Å². The van der Waals surface area contributed by atoms with Crippen molar-refractivity contribution in [3.05, 3.63) is 68.8 Å². The van der Waals surface area contributed by atoms with Crippen LogP contribution >= 0.6 is 27.5 Å². The van der Waals surface area contributed by atoms with Gasteiger partial charge in [-0.3, -0.25) is 4.79 Å². The normalized spacial score (nSPS) is 19.6. The summed E-state index contributed by atoms with van der Waals surface area (Å²) in [4.78, 5) is 11.8. The highest BCUT2D eigenvalue weighted by atomic mass is 79.9. The summed E-state index contributed by atoms with van der Waals surface area (Å²) in [6, 6.07) is 13.8. The van der Waals surface area contributed by atoms with E-state index in [4.69, 9.17) is 11.6 Å². The van der Waals surface area contributed by atoms with Gasteiger partial charge < -0.3 is 10.7 Å². The van der Waals surface area contributed by atoms with E-state index in [9.17, 15) is 18.4 Å². The van der Waals surface area contributed by atoms with E-state index < -0.39 is 15.9 Å². The Morgan fingerprint density at radius 3 is 2.33 bits per heavy atom. The molecule has 1 aliphatic carbocycles. The highest BCUT2D eigenvalue weighted by molar-refractivity contribution is 9.10. The lowest BCUT2D eigenvalue weighted by Crippen LogP contribution is -2.37. The molecule has 1 saturated carbocycles. The highest BCUT2D eigenvalue weighted by Crippen LogP contribution is 2.32. The van der Waals surface area contributed by atoms with E-state index in [-0.39, 0.29) is 23.3 Å². The van der Waals surface area contributed by atoms with Crippen LogP contribution in [0, 0.1) is 17.0 Å². The standard InChI is InChI=1S/C21H23BrClN2O4S/c22-18-9-11-19(12-10-18)30(28,29)25(14-17-3-1-2-4-20(17)23)13-15-5-7-16(8-6-15)21(26)24-27/h1-4,9-12,15-16H,5-8,13-14H2,(H-,24,26,27)/q-1. The molecule has 30 heavy (non-hydrogen) atoms. The first-order chi connectivity index (χ1) is 14.3. The van der Waals surface area contributed by atoms with E-state index in [0.29, 0.717) is 37.3 Å². The fourth-order valence-electron chi connectivity index (χ4n) is 3.80. The number of sulfonamides is 1. The average molecular weight is 515 g/mol. The van der Waals surface area contributed by atoms with Gasteiger partial charge in [0, 0.05) is 28.5 Å². The van der Waals surface area contributed by atoms with Crippen molar-refractivity contribution >= 4 is 43.5 Å². The van der Waals surface area contributed by atoms with E-state index >= 15 is 0 Å². The maximum Gasteiger partial charge on any atom is 0.243 e. The molecule has 2 aromatic rings. The van der Waals surface area contributed by atoms with Crippen LogP contribution in [-0.2, 0) is 21.4 Å². The van der Waals surface area contributed by atoms with Gasteiger partial charge in [0.2, 0.25) is 15.9 Å². The molecule has 1 N–H and O–H groups in total. The number of rotatable bonds is 7. The Hall–Kier alpha value is -1.45. The summed E-state index contributed by atoms with van der Waals surface area (Å²) in [5.41, 5.74) is 2.20. The van der Waals surface area contributed by atoms with Gasteiger partial charge >= 0.3 is 0 Å². The number of nitrogens with zero attached hydrogens (tertiary/aromatic N) is 1. The zero-order valence-corrected chi connectivity index (χ0v) is 19.4. The molecule has 0 spiro atoms. The van der Waals surface area contributed by atoms with E-state index in [1.807, 2.05) is 18.2 Å². The number of nitrogens with one attached hydrogen (secondary N) is 1. The molecule has 1 amide bonds. The Morgan fingerprint density at radius 1 is 1.10 bits per heavy atom. The molecule has 0 bridgehead atoms. The van der Waals surface area contributed by atoms with Gasteiger partial charge in [0.1, 0.15) is 0 Å². The Morgan fingerprint density at radius 2 is 1.73 bits per heavy atom.